The molecule has 0 bridgehead atoms. The predicted molar refractivity (Wildman–Crippen MR) is 47.8 cm³/mol. The second-order valence-corrected chi connectivity index (χ2v) is 3.22. The van der Waals surface area contributed by atoms with Gasteiger partial charge in [-0.1, -0.05) is 0 Å². The number of likely N-dealkylation sites (tertiary alicyclic amines) is 1. The van der Waals surface area contributed by atoms with Gasteiger partial charge < -0.3 is 20.4 Å². The van der Waals surface area contributed by atoms with Crippen molar-refractivity contribution in [2.24, 2.45) is 0 Å². The van der Waals surface area contributed by atoms with E-state index >= 15 is 0 Å². The molecule has 1 saturated heterocycles. The number of carbonyl (C=O) groups excluding carboxylic acids is 1. The Morgan fingerprint density at radius 1 is 1.36 bits per heavy atom. The van der Waals surface area contributed by atoms with E-state index in [9.17, 15) is 9.59 Å². The number of carboxylic acid groups (broad SMARTS) is 1. The molecule has 1 aliphatic rings. The van der Waals surface area contributed by atoms with Gasteiger partial charge in [0.2, 0.25) is 0 Å². The molecule has 0 spiro atoms. The number of nitrogens with zero attached hydrogens (tertiary/aromatic N) is 1. The lowest BCUT2D eigenvalue weighted by atomic mass is 10.3. The quantitative estimate of drug-likeness (QED) is 0.561. The Labute approximate surface area is 81.5 Å². The van der Waals surface area contributed by atoms with Gasteiger partial charge in [-0.25, -0.2) is 9.59 Å². The van der Waals surface area contributed by atoms with Crippen molar-refractivity contribution < 1.29 is 19.8 Å². The number of aliphatic hydroxyl groups is 1. The molecule has 1 fully saturated rings. The van der Waals surface area contributed by atoms with E-state index in [4.69, 9.17) is 10.2 Å². The van der Waals surface area contributed by atoms with Crippen LogP contribution in [-0.2, 0) is 4.79 Å². The maximum Gasteiger partial charge on any atom is 0.328 e. The van der Waals surface area contributed by atoms with Gasteiger partial charge in [0.1, 0.15) is 0 Å². The molecular weight excluding hydrogens is 188 g/mol. The number of aliphatic carboxylic acids is 1. The smallest absolute Gasteiger partial charge is 0.328 e. The molecule has 0 aliphatic carbocycles. The first kappa shape index (κ1) is 10.8. The van der Waals surface area contributed by atoms with Gasteiger partial charge >= 0.3 is 12.0 Å². The predicted octanol–water partition coefficient (Wildman–Crippen LogP) is -0.763. The minimum Gasteiger partial charge on any atom is -0.480 e. The Morgan fingerprint density at radius 2 is 1.93 bits per heavy atom. The van der Waals surface area contributed by atoms with E-state index in [0.717, 1.165) is 12.8 Å². The third-order valence-corrected chi connectivity index (χ3v) is 2.17. The first-order valence-corrected chi connectivity index (χ1v) is 4.54. The van der Waals surface area contributed by atoms with Crippen molar-refractivity contribution in [1.82, 2.24) is 10.2 Å². The van der Waals surface area contributed by atoms with Crippen LogP contribution in [0.5, 0.6) is 0 Å². The standard InChI is InChI=1S/C8H14N2O4/c11-5-6(7(12)13)9-8(14)10-3-1-2-4-10/h6,11H,1-5H2,(H,9,14)(H,12,13)/t6-/m1/s1. The largest absolute Gasteiger partial charge is 0.480 e. The van der Waals surface area contributed by atoms with E-state index in [1.807, 2.05) is 0 Å². The molecule has 14 heavy (non-hydrogen) atoms. The molecule has 0 aromatic rings. The zero-order chi connectivity index (χ0) is 10.6. The SMILES string of the molecule is O=C(O)[C@@H](CO)NC(=O)N1CCCC1. The van der Waals surface area contributed by atoms with Gasteiger partial charge in [-0.05, 0) is 12.8 Å². The normalized spacial score (nSPS) is 17.9. The van der Waals surface area contributed by atoms with Crippen LogP contribution in [0.15, 0.2) is 0 Å². The fourth-order valence-corrected chi connectivity index (χ4v) is 1.35. The number of urea groups is 1. The van der Waals surface area contributed by atoms with E-state index in [2.05, 4.69) is 5.32 Å². The van der Waals surface area contributed by atoms with E-state index in [0.29, 0.717) is 13.1 Å². The minimum atomic E-state index is -1.22. The highest BCUT2D eigenvalue weighted by Gasteiger charge is 2.23. The highest BCUT2D eigenvalue weighted by Crippen LogP contribution is 2.07. The van der Waals surface area contributed by atoms with Gasteiger partial charge in [-0.3, -0.25) is 0 Å². The second-order valence-electron chi connectivity index (χ2n) is 3.22. The van der Waals surface area contributed by atoms with Crippen LogP contribution in [0.4, 0.5) is 4.79 Å². The van der Waals surface area contributed by atoms with Gasteiger partial charge in [0.15, 0.2) is 6.04 Å². The van der Waals surface area contributed by atoms with Crippen molar-refractivity contribution >= 4 is 12.0 Å². The summed E-state index contributed by atoms with van der Waals surface area (Å²) < 4.78 is 0. The topological polar surface area (TPSA) is 89.9 Å². The number of rotatable bonds is 3. The van der Waals surface area contributed by atoms with Gasteiger partial charge in [0.25, 0.3) is 0 Å². The Kier molecular flexibility index (Phi) is 3.70. The number of amides is 2. The Balaban J connectivity index is 2.41. The van der Waals surface area contributed by atoms with Crippen LogP contribution >= 0.6 is 0 Å². The number of carboxylic acids is 1. The summed E-state index contributed by atoms with van der Waals surface area (Å²) in [5, 5.41) is 19.5. The Hall–Kier alpha value is -1.30. The molecule has 0 aromatic heterocycles. The maximum atomic E-state index is 11.4. The summed E-state index contributed by atoms with van der Waals surface area (Å²) in [6.45, 7) is 0.724. The molecule has 6 heteroatoms. The van der Waals surface area contributed by atoms with Crippen molar-refractivity contribution in [3.8, 4) is 0 Å². The van der Waals surface area contributed by atoms with E-state index in [-0.39, 0.29) is 0 Å². The molecule has 80 valence electrons. The fraction of sp³-hybridized carbons (Fsp3) is 0.750. The summed E-state index contributed by atoms with van der Waals surface area (Å²) in [5.41, 5.74) is 0. The van der Waals surface area contributed by atoms with Gasteiger partial charge in [0.05, 0.1) is 6.61 Å². The van der Waals surface area contributed by atoms with Crippen molar-refractivity contribution in [3.63, 3.8) is 0 Å². The van der Waals surface area contributed by atoms with Crippen LogP contribution in [0.25, 0.3) is 0 Å². The number of hydrogen-bond acceptors (Lipinski definition) is 3. The molecular formula is C8H14N2O4. The van der Waals surface area contributed by atoms with Crippen LogP contribution in [-0.4, -0.2) is 52.9 Å². The van der Waals surface area contributed by atoms with E-state index in [1.54, 1.807) is 4.90 Å². The highest BCUT2D eigenvalue weighted by atomic mass is 16.4. The van der Waals surface area contributed by atoms with Crippen LogP contribution in [0.3, 0.4) is 0 Å². The summed E-state index contributed by atoms with van der Waals surface area (Å²) in [6.07, 6.45) is 1.90. The van der Waals surface area contributed by atoms with Crippen molar-refractivity contribution in [1.29, 1.82) is 0 Å². The third-order valence-electron chi connectivity index (χ3n) is 2.17. The molecule has 1 rings (SSSR count). The van der Waals surface area contributed by atoms with Crippen molar-refractivity contribution in [3.05, 3.63) is 0 Å². The summed E-state index contributed by atoms with van der Waals surface area (Å²) in [4.78, 5) is 23.4. The molecule has 1 heterocycles. The van der Waals surface area contributed by atoms with Gasteiger partial charge in [0, 0.05) is 13.1 Å². The molecule has 0 unspecified atom stereocenters. The molecule has 0 aromatic carbocycles. The summed E-state index contributed by atoms with van der Waals surface area (Å²) in [7, 11) is 0. The number of carbonyl (C=O) groups is 2. The highest BCUT2D eigenvalue weighted by molar-refractivity contribution is 5.82. The van der Waals surface area contributed by atoms with Crippen molar-refractivity contribution in [2.45, 2.75) is 18.9 Å². The lowest BCUT2D eigenvalue weighted by Crippen LogP contribution is -2.48. The molecule has 6 nitrogen and oxygen atoms in total. The molecule has 0 radical (unpaired) electrons. The van der Waals surface area contributed by atoms with Crippen LogP contribution in [0, 0.1) is 0 Å². The van der Waals surface area contributed by atoms with Crippen molar-refractivity contribution in [2.75, 3.05) is 19.7 Å². The second kappa shape index (κ2) is 4.80. The first-order chi connectivity index (χ1) is 6.65. The van der Waals surface area contributed by atoms with E-state index in [1.165, 1.54) is 0 Å². The van der Waals surface area contributed by atoms with Gasteiger partial charge in [-0.15, -0.1) is 0 Å². The Morgan fingerprint density at radius 3 is 2.36 bits per heavy atom. The van der Waals surface area contributed by atoms with Crippen LogP contribution < -0.4 is 5.32 Å². The summed E-state index contributed by atoms with van der Waals surface area (Å²) in [5.74, 6) is -1.22. The zero-order valence-electron chi connectivity index (χ0n) is 7.77. The zero-order valence-corrected chi connectivity index (χ0v) is 7.77. The average Bonchev–Trinajstić information content (AvgIpc) is 2.65. The molecule has 1 aliphatic heterocycles. The lowest BCUT2D eigenvalue weighted by molar-refractivity contribution is -0.140. The average molecular weight is 202 g/mol. The molecule has 2 amide bonds. The number of hydrogen-bond donors (Lipinski definition) is 3. The van der Waals surface area contributed by atoms with E-state index < -0.39 is 24.6 Å². The maximum absolute atomic E-state index is 11.4. The van der Waals surface area contributed by atoms with Crippen LogP contribution in [0.1, 0.15) is 12.8 Å². The van der Waals surface area contributed by atoms with Gasteiger partial charge in [-0.2, -0.15) is 0 Å². The fourth-order valence-electron chi connectivity index (χ4n) is 1.35. The Bertz CT molecular complexity index is 225. The first-order valence-electron chi connectivity index (χ1n) is 4.54. The molecule has 1 atom stereocenters. The summed E-state index contributed by atoms with van der Waals surface area (Å²) >= 11 is 0. The lowest BCUT2D eigenvalue weighted by Gasteiger charge is -2.19. The molecule has 0 saturated carbocycles. The third kappa shape index (κ3) is 2.59. The number of nitrogens with one attached hydrogen (secondary N) is 1. The van der Waals surface area contributed by atoms with Crippen LogP contribution in [0.2, 0.25) is 0 Å². The minimum absolute atomic E-state index is 0.413. The molecule has 3 N–H and O–H groups in total. The summed E-state index contributed by atoms with van der Waals surface area (Å²) in [6, 6.07) is -1.62. The monoisotopic (exact) mass is 202 g/mol. The number of aliphatic hydroxyl groups excluding tert-OH is 1.